The van der Waals surface area contributed by atoms with Crippen LogP contribution in [0.25, 0.3) is 11.2 Å². The number of pyridine rings is 1. The summed E-state index contributed by atoms with van der Waals surface area (Å²) in [6.07, 6.45) is 6.84. The van der Waals surface area contributed by atoms with E-state index in [-0.39, 0.29) is 23.7 Å². The van der Waals surface area contributed by atoms with E-state index in [2.05, 4.69) is 25.2 Å². The normalized spacial score (nSPS) is 18.1. The van der Waals surface area contributed by atoms with Crippen LogP contribution in [-0.2, 0) is 4.79 Å². The number of carbonyl (C=O) groups is 1. The highest BCUT2D eigenvalue weighted by molar-refractivity contribution is 5.80. The molecule has 0 bridgehead atoms. The largest absolute Gasteiger partial charge is 0.369 e. The molecule has 0 saturated carbocycles. The van der Waals surface area contributed by atoms with Crippen LogP contribution in [0.2, 0.25) is 0 Å². The van der Waals surface area contributed by atoms with E-state index in [1.165, 1.54) is 12.1 Å². The number of nitrogens with one attached hydrogen (secondary N) is 1. The van der Waals surface area contributed by atoms with Crippen molar-refractivity contribution in [3.63, 3.8) is 0 Å². The molecule has 1 N–H and O–H groups in total. The van der Waals surface area contributed by atoms with Crippen molar-refractivity contribution in [3.05, 3.63) is 60.3 Å². The predicted octanol–water partition coefficient (Wildman–Crippen LogP) is 3.26. The first kappa shape index (κ1) is 18.3. The third-order valence-electron chi connectivity index (χ3n) is 5.20. The third kappa shape index (κ3) is 3.93. The van der Waals surface area contributed by atoms with E-state index >= 15 is 0 Å². The highest BCUT2D eigenvalue weighted by Gasteiger charge is 2.27. The van der Waals surface area contributed by atoms with Gasteiger partial charge in [-0.15, -0.1) is 0 Å². The second-order valence-corrected chi connectivity index (χ2v) is 7.16. The van der Waals surface area contributed by atoms with Crippen LogP contribution in [0.3, 0.4) is 0 Å². The van der Waals surface area contributed by atoms with Crippen LogP contribution in [0.4, 0.5) is 10.1 Å². The molecular weight excluding hydrogens is 357 g/mol. The van der Waals surface area contributed by atoms with Gasteiger partial charge in [-0.05, 0) is 43.5 Å². The summed E-state index contributed by atoms with van der Waals surface area (Å²) in [4.78, 5) is 27.9. The standard InChI is InChI=1S/C21H22FN5O/c1-14(15-4-6-17(22)7-5-15)26-21(28)16-3-2-10-27(13-16)18-11-19-20(25-12-18)24-9-8-23-19/h4-9,11-12,14,16H,2-3,10,13H2,1H3,(H,26,28)/t14-,16-/m1/s1. The van der Waals surface area contributed by atoms with Crippen LogP contribution in [0, 0.1) is 11.7 Å². The highest BCUT2D eigenvalue weighted by Crippen LogP contribution is 2.25. The molecule has 144 valence electrons. The fraction of sp³-hybridized carbons (Fsp3) is 0.333. The van der Waals surface area contributed by atoms with Gasteiger partial charge in [0.2, 0.25) is 5.91 Å². The minimum Gasteiger partial charge on any atom is -0.369 e. The number of halogens is 1. The van der Waals surface area contributed by atoms with Crippen molar-refractivity contribution in [2.24, 2.45) is 5.92 Å². The molecule has 3 aromatic rings. The molecule has 0 unspecified atom stereocenters. The smallest absolute Gasteiger partial charge is 0.225 e. The molecule has 1 saturated heterocycles. The average Bonchev–Trinajstić information content (AvgIpc) is 2.74. The summed E-state index contributed by atoms with van der Waals surface area (Å²) in [5, 5.41) is 3.06. The average molecular weight is 379 g/mol. The number of aromatic nitrogens is 3. The molecule has 1 amide bonds. The molecule has 1 aliphatic rings. The van der Waals surface area contributed by atoms with E-state index in [0.29, 0.717) is 12.2 Å². The number of anilines is 1. The summed E-state index contributed by atoms with van der Waals surface area (Å²) in [6.45, 7) is 3.43. The maximum atomic E-state index is 13.1. The summed E-state index contributed by atoms with van der Waals surface area (Å²) < 4.78 is 13.1. The minimum absolute atomic E-state index is 0.0232. The van der Waals surface area contributed by atoms with Gasteiger partial charge in [0.25, 0.3) is 0 Å². The van der Waals surface area contributed by atoms with Crippen LogP contribution in [-0.4, -0.2) is 33.9 Å². The van der Waals surface area contributed by atoms with Gasteiger partial charge in [0.05, 0.1) is 23.8 Å². The van der Waals surface area contributed by atoms with Crippen LogP contribution in [0.1, 0.15) is 31.4 Å². The molecule has 4 rings (SSSR count). The quantitative estimate of drug-likeness (QED) is 0.753. The topological polar surface area (TPSA) is 71.0 Å². The first-order valence-electron chi connectivity index (χ1n) is 9.48. The Hall–Kier alpha value is -3.09. The van der Waals surface area contributed by atoms with Crippen molar-refractivity contribution >= 4 is 22.8 Å². The van der Waals surface area contributed by atoms with E-state index in [1.54, 1.807) is 30.7 Å². The molecule has 7 heteroatoms. The van der Waals surface area contributed by atoms with Crippen molar-refractivity contribution in [3.8, 4) is 0 Å². The zero-order chi connectivity index (χ0) is 19.5. The highest BCUT2D eigenvalue weighted by atomic mass is 19.1. The lowest BCUT2D eigenvalue weighted by molar-refractivity contribution is -0.125. The Morgan fingerprint density at radius 1 is 1.21 bits per heavy atom. The third-order valence-corrected chi connectivity index (χ3v) is 5.20. The molecule has 2 aromatic heterocycles. The number of piperidine rings is 1. The number of hydrogen-bond acceptors (Lipinski definition) is 5. The molecule has 1 fully saturated rings. The SMILES string of the molecule is C[C@@H](NC(=O)[C@@H]1CCCN(c2cnc3nccnc3c2)C1)c1ccc(F)cc1. The van der Waals surface area contributed by atoms with Gasteiger partial charge in [0.15, 0.2) is 5.65 Å². The molecule has 28 heavy (non-hydrogen) atoms. The van der Waals surface area contributed by atoms with Gasteiger partial charge < -0.3 is 10.2 Å². The van der Waals surface area contributed by atoms with Crippen LogP contribution >= 0.6 is 0 Å². The molecule has 6 nitrogen and oxygen atoms in total. The number of rotatable bonds is 4. The number of amides is 1. The predicted molar refractivity (Wildman–Crippen MR) is 105 cm³/mol. The second-order valence-electron chi connectivity index (χ2n) is 7.16. The van der Waals surface area contributed by atoms with Crippen molar-refractivity contribution in [1.82, 2.24) is 20.3 Å². The zero-order valence-corrected chi connectivity index (χ0v) is 15.7. The van der Waals surface area contributed by atoms with Crippen molar-refractivity contribution in [2.75, 3.05) is 18.0 Å². The van der Waals surface area contributed by atoms with E-state index in [1.807, 2.05) is 13.0 Å². The second kappa shape index (κ2) is 7.88. The Bertz CT molecular complexity index is 978. The number of nitrogens with zero attached hydrogens (tertiary/aromatic N) is 4. The van der Waals surface area contributed by atoms with Crippen LogP contribution in [0.5, 0.6) is 0 Å². The van der Waals surface area contributed by atoms with Gasteiger partial charge in [0.1, 0.15) is 11.3 Å². The summed E-state index contributed by atoms with van der Waals surface area (Å²) in [6, 6.07) is 8.04. The Kier molecular flexibility index (Phi) is 5.14. The maximum Gasteiger partial charge on any atom is 0.225 e. The summed E-state index contributed by atoms with van der Waals surface area (Å²) in [5.41, 5.74) is 3.21. The zero-order valence-electron chi connectivity index (χ0n) is 15.7. The Morgan fingerprint density at radius 3 is 2.82 bits per heavy atom. The van der Waals surface area contributed by atoms with Crippen LogP contribution < -0.4 is 10.2 Å². The van der Waals surface area contributed by atoms with Gasteiger partial charge in [-0.1, -0.05) is 12.1 Å². The van der Waals surface area contributed by atoms with E-state index < -0.39 is 0 Å². The lowest BCUT2D eigenvalue weighted by atomic mass is 9.96. The summed E-state index contributed by atoms with van der Waals surface area (Å²) in [5.74, 6) is -0.358. The van der Waals surface area contributed by atoms with Crippen LogP contribution in [0.15, 0.2) is 48.9 Å². The fourth-order valence-electron chi connectivity index (χ4n) is 3.61. The summed E-state index contributed by atoms with van der Waals surface area (Å²) in [7, 11) is 0. The summed E-state index contributed by atoms with van der Waals surface area (Å²) >= 11 is 0. The Morgan fingerprint density at radius 2 is 2.00 bits per heavy atom. The lowest BCUT2D eigenvalue weighted by Gasteiger charge is -2.34. The van der Waals surface area contributed by atoms with E-state index in [0.717, 1.165) is 36.2 Å². The lowest BCUT2D eigenvalue weighted by Crippen LogP contribution is -2.43. The van der Waals surface area contributed by atoms with Gasteiger partial charge in [-0.2, -0.15) is 0 Å². The van der Waals surface area contributed by atoms with Crippen molar-refractivity contribution in [1.29, 1.82) is 0 Å². The van der Waals surface area contributed by atoms with Gasteiger partial charge in [0, 0.05) is 25.5 Å². The first-order valence-corrected chi connectivity index (χ1v) is 9.48. The molecule has 1 aliphatic heterocycles. The number of benzene rings is 1. The van der Waals surface area contributed by atoms with Gasteiger partial charge >= 0.3 is 0 Å². The number of fused-ring (bicyclic) bond motifs is 1. The molecule has 1 aromatic carbocycles. The fourth-order valence-corrected chi connectivity index (χ4v) is 3.61. The first-order chi connectivity index (χ1) is 13.6. The van der Waals surface area contributed by atoms with Gasteiger partial charge in [-0.3, -0.25) is 9.78 Å². The Balaban J connectivity index is 1.43. The molecule has 0 aliphatic carbocycles. The molecular formula is C21H22FN5O. The van der Waals surface area contributed by atoms with Gasteiger partial charge in [-0.25, -0.2) is 14.4 Å². The van der Waals surface area contributed by atoms with Crippen molar-refractivity contribution in [2.45, 2.75) is 25.8 Å². The Labute approximate surface area is 162 Å². The van der Waals surface area contributed by atoms with Crippen molar-refractivity contribution < 1.29 is 9.18 Å². The maximum absolute atomic E-state index is 13.1. The molecule has 0 radical (unpaired) electrons. The van der Waals surface area contributed by atoms with E-state index in [9.17, 15) is 9.18 Å². The monoisotopic (exact) mass is 379 g/mol. The number of hydrogen-bond donors (Lipinski definition) is 1. The molecule has 0 spiro atoms. The minimum atomic E-state index is -0.279. The molecule has 3 heterocycles. The number of carbonyl (C=O) groups excluding carboxylic acids is 1. The van der Waals surface area contributed by atoms with E-state index in [4.69, 9.17) is 0 Å². The molecule has 2 atom stereocenters.